The van der Waals surface area contributed by atoms with Gasteiger partial charge < -0.3 is 15.5 Å². The quantitative estimate of drug-likeness (QED) is 0.490. The van der Waals surface area contributed by atoms with Gasteiger partial charge in [-0.05, 0) is 75.2 Å². The van der Waals surface area contributed by atoms with Crippen LogP contribution in [-0.2, 0) is 11.2 Å². The zero-order chi connectivity index (χ0) is 24.1. The van der Waals surface area contributed by atoms with Crippen LogP contribution in [0.1, 0.15) is 42.6 Å². The fraction of sp³-hybridized carbons (Fsp3) is 0.346. The maximum absolute atomic E-state index is 12.7. The second-order valence-corrected chi connectivity index (χ2v) is 9.11. The van der Waals surface area contributed by atoms with Crippen LogP contribution in [0.4, 0.5) is 16.2 Å². The number of anilines is 2. The molecule has 0 unspecified atom stereocenters. The molecule has 34 heavy (non-hydrogen) atoms. The molecule has 4 rings (SSSR count). The molecular weight excluding hydrogens is 450 g/mol. The number of rotatable bonds is 5. The Morgan fingerprint density at radius 3 is 2.09 bits per heavy atom. The molecule has 0 radical (unpaired) electrons. The summed E-state index contributed by atoms with van der Waals surface area (Å²) in [5, 5.41) is 11.2. The topological polar surface area (TPSA) is 79.3 Å². The van der Waals surface area contributed by atoms with Gasteiger partial charge in [-0.2, -0.15) is 5.10 Å². The number of hydrogen-bond donors (Lipinski definition) is 2. The number of hydrogen-bond acceptors (Lipinski definition) is 3. The van der Waals surface area contributed by atoms with Crippen LogP contribution in [0.25, 0.3) is 5.69 Å². The lowest BCUT2D eigenvalue weighted by atomic mass is 10.1. The first-order valence-corrected chi connectivity index (χ1v) is 12.1. The number of aryl methyl sites for hydroxylation is 1. The second kappa shape index (κ2) is 10.7. The Balaban J connectivity index is 1.36. The fourth-order valence-electron chi connectivity index (χ4n) is 4.24. The number of nitrogens with one attached hydrogen (secondary N) is 2. The summed E-state index contributed by atoms with van der Waals surface area (Å²) >= 11 is 5.99. The predicted octanol–water partition coefficient (Wildman–Crippen LogP) is 5.73. The Kier molecular flexibility index (Phi) is 7.53. The molecule has 3 aromatic rings. The van der Waals surface area contributed by atoms with Crippen LogP contribution >= 0.6 is 11.6 Å². The van der Waals surface area contributed by atoms with E-state index >= 15 is 0 Å². The van der Waals surface area contributed by atoms with Crippen molar-refractivity contribution in [1.29, 1.82) is 0 Å². The van der Waals surface area contributed by atoms with E-state index in [1.165, 1.54) is 12.8 Å². The third-order valence-electron chi connectivity index (χ3n) is 6.16. The maximum atomic E-state index is 12.7. The van der Waals surface area contributed by atoms with E-state index in [4.69, 9.17) is 11.6 Å². The average Bonchev–Trinajstić information content (AvgIpc) is 3.01. The van der Waals surface area contributed by atoms with Gasteiger partial charge in [0.2, 0.25) is 5.91 Å². The van der Waals surface area contributed by atoms with Gasteiger partial charge in [0, 0.05) is 40.7 Å². The molecule has 1 fully saturated rings. The maximum Gasteiger partial charge on any atom is 0.321 e. The van der Waals surface area contributed by atoms with E-state index in [0.29, 0.717) is 16.4 Å². The molecular formula is C26H30ClN5O2. The highest BCUT2D eigenvalue weighted by atomic mass is 35.5. The first-order valence-electron chi connectivity index (χ1n) is 11.7. The highest BCUT2D eigenvalue weighted by molar-refractivity contribution is 6.30. The lowest BCUT2D eigenvalue weighted by Gasteiger charge is -2.20. The first kappa shape index (κ1) is 23.8. The summed E-state index contributed by atoms with van der Waals surface area (Å²) in [5.74, 6) is -0.122. The van der Waals surface area contributed by atoms with Crippen molar-refractivity contribution < 1.29 is 9.59 Å². The molecule has 2 aromatic carbocycles. The Morgan fingerprint density at radius 1 is 0.882 bits per heavy atom. The van der Waals surface area contributed by atoms with Crippen LogP contribution in [0.2, 0.25) is 5.02 Å². The molecule has 3 amide bonds. The Morgan fingerprint density at radius 2 is 1.47 bits per heavy atom. The van der Waals surface area contributed by atoms with E-state index < -0.39 is 0 Å². The molecule has 0 bridgehead atoms. The van der Waals surface area contributed by atoms with Crippen molar-refractivity contribution in [3.63, 3.8) is 0 Å². The third kappa shape index (κ3) is 5.78. The molecule has 1 aliphatic rings. The van der Waals surface area contributed by atoms with Crippen LogP contribution < -0.4 is 10.6 Å². The summed E-state index contributed by atoms with van der Waals surface area (Å²) in [6.07, 6.45) is 4.68. The van der Waals surface area contributed by atoms with Gasteiger partial charge in [-0.3, -0.25) is 4.79 Å². The van der Waals surface area contributed by atoms with Crippen molar-refractivity contribution in [1.82, 2.24) is 14.7 Å². The number of halogens is 1. The second-order valence-electron chi connectivity index (χ2n) is 8.67. The Labute approximate surface area is 205 Å². The molecule has 1 saturated heterocycles. The lowest BCUT2D eigenvalue weighted by molar-refractivity contribution is -0.115. The van der Waals surface area contributed by atoms with Crippen LogP contribution in [0.15, 0.2) is 48.5 Å². The first-order chi connectivity index (χ1) is 16.4. The number of carbonyl (C=O) groups is 2. The minimum absolute atomic E-state index is 0.0673. The van der Waals surface area contributed by atoms with Crippen LogP contribution in [-0.4, -0.2) is 39.7 Å². The lowest BCUT2D eigenvalue weighted by Crippen LogP contribution is -2.35. The van der Waals surface area contributed by atoms with Gasteiger partial charge in [-0.1, -0.05) is 24.4 Å². The number of carbonyl (C=O) groups excluding carboxylic acids is 2. The van der Waals surface area contributed by atoms with Gasteiger partial charge in [0.05, 0.1) is 17.8 Å². The molecule has 2 N–H and O–H groups in total. The zero-order valence-corrected chi connectivity index (χ0v) is 20.4. The smallest absolute Gasteiger partial charge is 0.321 e. The number of benzene rings is 2. The fourth-order valence-corrected chi connectivity index (χ4v) is 4.37. The minimum atomic E-state index is -0.122. The number of aromatic nitrogens is 2. The van der Waals surface area contributed by atoms with E-state index in [1.807, 2.05) is 47.7 Å². The van der Waals surface area contributed by atoms with Crippen molar-refractivity contribution >= 4 is 34.9 Å². The summed E-state index contributed by atoms with van der Waals surface area (Å²) in [4.78, 5) is 27.1. The molecule has 178 valence electrons. The molecule has 8 heteroatoms. The molecule has 0 atom stereocenters. The largest absolute Gasteiger partial charge is 0.326 e. The van der Waals surface area contributed by atoms with Crippen LogP contribution in [0.3, 0.4) is 0 Å². The SMILES string of the molecule is Cc1nn(-c2ccc(Cl)cc2)c(C)c1CC(=O)Nc1ccc(NC(=O)N2CCCCCC2)cc1. The monoisotopic (exact) mass is 479 g/mol. The summed E-state index contributed by atoms with van der Waals surface area (Å²) in [6, 6.07) is 14.6. The Hall–Kier alpha value is -3.32. The Bertz CT molecular complexity index is 1150. The molecule has 0 saturated carbocycles. The third-order valence-corrected chi connectivity index (χ3v) is 6.41. The molecule has 0 aliphatic carbocycles. The number of amides is 3. The van der Waals surface area contributed by atoms with Crippen molar-refractivity contribution in [3.8, 4) is 5.69 Å². The van der Waals surface area contributed by atoms with Crippen molar-refractivity contribution in [2.75, 3.05) is 23.7 Å². The highest BCUT2D eigenvalue weighted by Crippen LogP contribution is 2.21. The minimum Gasteiger partial charge on any atom is -0.326 e. The molecule has 7 nitrogen and oxygen atoms in total. The van der Waals surface area contributed by atoms with Crippen LogP contribution in [0, 0.1) is 13.8 Å². The van der Waals surface area contributed by atoms with Gasteiger partial charge in [-0.15, -0.1) is 0 Å². The van der Waals surface area contributed by atoms with E-state index in [-0.39, 0.29) is 18.4 Å². The van der Waals surface area contributed by atoms with Crippen LogP contribution in [0.5, 0.6) is 0 Å². The summed E-state index contributed by atoms with van der Waals surface area (Å²) in [6.45, 7) is 5.46. The summed E-state index contributed by atoms with van der Waals surface area (Å²) in [5.41, 5.74) is 4.92. The number of nitrogens with zero attached hydrogens (tertiary/aromatic N) is 3. The van der Waals surface area contributed by atoms with E-state index in [1.54, 1.807) is 24.3 Å². The van der Waals surface area contributed by atoms with Gasteiger partial charge >= 0.3 is 6.03 Å². The average molecular weight is 480 g/mol. The van der Waals surface area contributed by atoms with E-state index in [9.17, 15) is 9.59 Å². The number of likely N-dealkylation sites (tertiary alicyclic amines) is 1. The molecule has 1 aromatic heterocycles. The normalized spacial score (nSPS) is 13.9. The predicted molar refractivity (Wildman–Crippen MR) is 136 cm³/mol. The zero-order valence-electron chi connectivity index (χ0n) is 19.6. The van der Waals surface area contributed by atoms with Gasteiger partial charge in [-0.25, -0.2) is 9.48 Å². The van der Waals surface area contributed by atoms with Crippen molar-refractivity contribution in [2.45, 2.75) is 46.0 Å². The summed E-state index contributed by atoms with van der Waals surface area (Å²) in [7, 11) is 0. The standard InChI is InChI=1S/C26H30ClN5O2/c1-18-24(19(2)32(30-18)23-13-7-20(27)8-14-23)17-25(33)28-21-9-11-22(12-10-21)29-26(34)31-15-5-3-4-6-16-31/h7-14H,3-6,15-17H2,1-2H3,(H,28,33)(H,29,34). The van der Waals surface area contributed by atoms with Gasteiger partial charge in [0.1, 0.15) is 0 Å². The molecule has 2 heterocycles. The highest BCUT2D eigenvalue weighted by Gasteiger charge is 2.17. The molecule has 0 spiro atoms. The van der Waals surface area contributed by atoms with Crippen molar-refractivity contribution in [2.24, 2.45) is 0 Å². The van der Waals surface area contributed by atoms with E-state index in [2.05, 4.69) is 15.7 Å². The molecule has 1 aliphatic heterocycles. The van der Waals surface area contributed by atoms with Gasteiger partial charge in [0.15, 0.2) is 0 Å². The number of urea groups is 1. The van der Waals surface area contributed by atoms with Gasteiger partial charge in [0.25, 0.3) is 0 Å². The summed E-state index contributed by atoms with van der Waals surface area (Å²) < 4.78 is 1.83. The van der Waals surface area contributed by atoms with E-state index in [0.717, 1.165) is 48.6 Å². The van der Waals surface area contributed by atoms with Crippen molar-refractivity contribution in [3.05, 3.63) is 70.5 Å².